The molecule has 0 aliphatic carbocycles. The van der Waals surface area contributed by atoms with Gasteiger partial charge in [0, 0.05) is 0 Å². The first-order chi connectivity index (χ1) is 13.0. The Kier molecular flexibility index (Phi) is 4.82. The second kappa shape index (κ2) is 6.85. The Balaban J connectivity index is 1.93. The average Bonchev–Trinajstić information content (AvgIpc) is 2.61. The maximum atomic E-state index is 13.2. The van der Waals surface area contributed by atoms with Gasteiger partial charge in [-0.25, -0.2) is 0 Å². The number of carbonyl (C=O) groups is 2. The molecule has 5 nitrogen and oxygen atoms in total. The van der Waals surface area contributed by atoms with Crippen LogP contribution in [0.4, 0.5) is 30.2 Å². The van der Waals surface area contributed by atoms with Crippen LogP contribution in [-0.2, 0) is 15.8 Å². The molecule has 2 N–H and O–H groups in total. The molecule has 0 spiro atoms. The molecule has 2 amide bonds. The maximum absolute atomic E-state index is 13.2. The molecule has 0 bridgehead atoms. The highest BCUT2D eigenvalue weighted by Gasteiger charge is 2.42. The Morgan fingerprint density at radius 3 is 2.39 bits per heavy atom. The number of para-hydroxylation sites is 3. The normalized spacial score (nSPS) is 16.8. The fourth-order valence-electron chi connectivity index (χ4n) is 3.17. The number of nitrogens with one attached hydrogen (secondary N) is 2. The lowest BCUT2D eigenvalue weighted by Gasteiger charge is -2.42. The van der Waals surface area contributed by atoms with Crippen LogP contribution in [0.15, 0.2) is 48.5 Å². The second-order valence-electron chi connectivity index (χ2n) is 7.15. The van der Waals surface area contributed by atoms with Crippen molar-refractivity contribution >= 4 is 28.9 Å². The minimum absolute atomic E-state index is 0.345. The van der Waals surface area contributed by atoms with Crippen LogP contribution in [0.3, 0.4) is 0 Å². The lowest BCUT2D eigenvalue weighted by molar-refractivity contribution is -0.137. The fraction of sp³-hybridized carbons (Fsp3) is 0.300. The van der Waals surface area contributed by atoms with Gasteiger partial charge in [0.05, 0.1) is 22.6 Å². The van der Waals surface area contributed by atoms with E-state index in [4.69, 9.17) is 0 Å². The SMILES string of the molecule is CC(C(=O)Nc1ccccc1C(F)(F)F)N1C(=O)C(C)(C)Nc2ccccc21. The van der Waals surface area contributed by atoms with Crippen LogP contribution in [0.2, 0.25) is 0 Å². The molecule has 0 saturated heterocycles. The van der Waals surface area contributed by atoms with Crippen molar-refractivity contribution < 1.29 is 22.8 Å². The molecule has 148 valence electrons. The summed E-state index contributed by atoms with van der Waals surface area (Å²) in [7, 11) is 0. The van der Waals surface area contributed by atoms with Crippen LogP contribution in [0.5, 0.6) is 0 Å². The number of carbonyl (C=O) groups excluding carboxylic acids is 2. The van der Waals surface area contributed by atoms with E-state index in [1.807, 2.05) is 0 Å². The summed E-state index contributed by atoms with van der Waals surface area (Å²) in [6.07, 6.45) is -4.60. The Hall–Kier alpha value is -3.03. The molecular weight excluding hydrogens is 371 g/mol. The molecule has 0 fully saturated rings. The van der Waals surface area contributed by atoms with Gasteiger partial charge in [-0.2, -0.15) is 13.2 Å². The number of amides is 2. The molecule has 0 saturated carbocycles. The van der Waals surface area contributed by atoms with Crippen molar-refractivity contribution in [2.75, 3.05) is 15.5 Å². The van der Waals surface area contributed by atoms with Crippen LogP contribution >= 0.6 is 0 Å². The van der Waals surface area contributed by atoms with Gasteiger partial charge in [-0.05, 0) is 45.0 Å². The molecule has 28 heavy (non-hydrogen) atoms. The van der Waals surface area contributed by atoms with Crippen molar-refractivity contribution in [2.45, 2.75) is 38.5 Å². The van der Waals surface area contributed by atoms with E-state index in [1.54, 1.807) is 38.1 Å². The maximum Gasteiger partial charge on any atom is 0.418 e. The quantitative estimate of drug-likeness (QED) is 0.822. The first-order valence-electron chi connectivity index (χ1n) is 8.70. The summed E-state index contributed by atoms with van der Waals surface area (Å²) in [5.74, 6) is -1.06. The second-order valence-corrected chi connectivity index (χ2v) is 7.15. The van der Waals surface area contributed by atoms with Gasteiger partial charge in [0.1, 0.15) is 11.6 Å². The zero-order valence-corrected chi connectivity index (χ0v) is 15.6. The van der Waals surface area contributed by atoms with E-state index in [-0.39, 0.29) is 11.6 Å². The van der Waals surface area contributed by atoms with Crippen molar-refractivity contribution in [3.63, 3.8) is 0 Å². The van der Waals surface area contributed by atoms with Crippen LogP contribution in [0.1, 0.15) is 26.3 Å². The zero-order valence-electron chi connectivity index (χ0n) is 15.6. The van der Waals surface area contributed by atoms with E-state index in [0.29, 0.717) is 11.4 Å². The predicted molar refractivity (Wildman–Crippen MR) is 101 cm³/mol. The molecule has 0 radical (unpaired) electrons. The van der Waals surface area contributed by atoms with Crippen molar-refractivity contribution in [1.29, 1.82) is 0 Å². The van der Waals surface area contributed by atoms with E-state index in [2.05, 4.69) is 10.6 Å². The third-order valence-electron chi connectivity index (χ3n) is 4.62. The van der Waals surface area contributed by atoms with Crippen molar-refractivity contribution in [1.82, 2.24) is 0 Å². The van der Waals surface area contributed by atoms with Gasteiger partial charge in [-0.15, -0.1) is 0 Å². The lowest BCUT2D eigenvalue weighted by atomic mass is 9.96. The third-order valence-corrected chi connectivity index (χ3v) is 4.62. The van der Waals surface area contributed by atoms with E-state index in [9.17, 15) is 22.8 Å². The standard InChI is InChI=1S/C20H20F3N3O2/c1-12(17(27)24-14-9-5-4-8-13(14)20(21,22)23)26-16-11-7-6-10-15(16)25-19(2,3)18(26)28/h4-12,25H,1-3H3,(H,24,27). The highest BCUT2D eigenvalue weighted by Crippen LogP contribution is 2.37. The fourth-order valence-corrected chi connectivity index (χ4v) is 3.17. The minimum Gasteiger partial charge on any atom is -0.370 e. The Labute approximate surface area is 160 Å². The summed E-state index contributed by atoms with van der Waals surface area (Å²) in [5, 5.41) is 5.44. The third kappa shape index (κ3) is 3.54. The van der Waals surface area contributed by atoms with E-state index in [1.165, 1.54) is 30.0 Å². The van der Waals surface area contributed by atoms with Gasteiger partial charge in [0.15, 0.2) is 0 Å². The smallest absolute Gasteiger partial charge is 0.370 e. The lowest BCUT2D eigenvalue weighted by Crippen LogP contribution is -2.58. The largest absolute Gasteiger partial charge is 0.418 e. The summed E-state index contributed by atoms with van der Waals surface area (Å²) in [4.78, 5) is 27.0. The molecule has 8 heteroatoms. The van der Waals surface area contributed by atoms with Gasteiger partial charge in [0.2, 0.25) is 5.91 Å². The van der Waals surface area contributed by atoms with E-state index < -0.39 is 29.2 Å². The van der Waals surface area contributed by atoms with E-state index in [0.717, 1.165) is 6.07 Å². The van der Waals surface area contributed by atoms with Crippen LogP contribution in [0.25, 0.3) is 0 Å². The molecular formula is C20H20F3N3O2. The molecule has 0 aromatic heterocycles. The number of alkyl halides is 3. The van der Waals surface area contributed by atoms with Crippen LogP contribution in [-0.4, -0.2) is 23.4 Å². The molecule has 1 aliphatic heterocycles. The molecule has 3 rings (SSSR count). The Morgan fingerprint density at radius 1 is 1.11 bits per heavy atom. The minimum atomic E-state index is -4.60. The number of benzene rings is 2. The predicted octanol–water partition coefficient (Wildman–Crippen LogP) is 4.27. The molecule has 1 unspecified atom stereocenters. The zero-order chi connectivity index (χ0) is 20.7. The van der Waals surface area contributed by atoms with Crippen LogP contribution < -0.4 is 15.5 Å². The van der Waals surface area contributed by atoms with Gasteiger partial charge in [-0.1, -0.05) is 24.3 Å². The number of anilines is 3. The van der Waals surface area contributed by atoms with Crippen molar-refractivity contribution in [2.24, 2.45) is 0 Å². The molecule has 1 atom stereocenters. The summed E-state index contributed by atoms with van der Waals surface area (Å²) >= 11 is 0. The average molecular weight is 391 g/mol. The number of fused-ring (bicyclic) bond motifs is 1. The van der Waals surface area contributed by atoms with Crippen molar-refractivity contribution in [3.8, 4) is 0 Å². The summed E-state index contributed by atoms with van der Waals surface area (Å²) < 4.78 is 39.6. The van der Waals surface area contributed by atoms with Crippen molar-refractivity contribution in [3.05, 3.63) is 54.1 Å². The van der Waals surface area contributed by atoms with Gasteiger partial charge in [0.25, 0.3) is 5.91 Å². The Morgan fingerprint density at radius 2 is 1.71 bits per heavy atom. The number of nitrogens with zero attached hydrogens (tertiary/aromatic N) is 1. The Bertz CT molecular complexity index is 925. The van der Waals surface area contributed by atoms with E-state index >= 15 is 0 Å². The molecule has 1 aliphatic rings. The van der Waals surface area contributed by atoms with Gasteiger partial charge in [-0.3, -0.25) is 14.5 Å². The number of hydrogen-bond acceptors (Lipinski definition) is 3. The van der Waals surface area contributed by atoms with Crippen LogP contribution in [0, 0.1) is 0 Å². The molecule has 2 aromatic rings. The number of rotatable bonds is 3. The molecule has 1 heterocycles. The number of hydrogen-bond donors (Lipinski definition) is 2. The number of halogens is 3. The summed E-state index contributed by atoms with van der Waals surface area (Å²) in [5.41, 5.74) is -1.09. The highest BCUT2D eigenvalue weighted by atomic mass is 19.4. The van der Waals surface area contributed by atoms with Gasteiger partial charge >= 0.3 is 6.18 Å². The first kappa shape index (κ1) is 19.7. The monoisotopic (exact) mass is 391 g/mol. The highest BCUT2D eigenvalue weighted by molar-refractivity contribution is 6.12. The summed E-state index contributed by atoms with van der Waals surface area (Å²) in [6, 6.07) is 10.7. The topological polar surface area (TPSA) is 61.4 Å². The van der Waals surface area contributed by atoms with Gasteiger partial charge < -0.3 is 10.6 Å². The summed E-state index contributed by atoms with van der Waals surface area (Å²) in [6.45, 7) is 4.85. The first-order valence-corrected chi connectivity index (χ1v) is 8.70. The molecule has 2 aromatic carbocycles.